The Labute approximate surface area is 419 Å². The molecule has 0 radical (unpaired) electrons. The van der Waals surface area contributed by atoms with Gasteiger partial charge in [-0.3, -0.25) is 18.6 Å². The van der Waals surface area contributed by atoms with Crippen LogP contribution in [0.3, 0.4) is 0 Å². The minimum absolute atomic E-state index is 0.0269. The molecule has 1 N–H and O–H groups in total. The van der Waals surface area contributed by atoms with Gasteiger partial charge < -0.3 is 18.9 Å². The molecule has 0 aromatic heterocycles. The third-order valence-electron chi connectivity index (χ3n) is 12.0. The van der Waals surface area contributed by atoms with Crippen LogP contribution in [0.15, 0.2) is 60.8 Å². The SMILES string of the molecule is CC/C=C\C/C=C\C/C=C\CCCCCCCC(=O)OC(COC(=O)CCCCCCCCCCCCCCCCCCC/C=C\C/C=C\CCCCCCC)COP(=O)(O)OCC[N+](C)(C)C. The summed E-state index contributed by atoms with van der Waals surface area (Å²) < 4.78 is 34.5. The topological polar surface area (TPSA) is 108 Å². The summed E-state index contributed by atoms with van der Waals surface area (Å²) in [6, 6.07) is 0. The Morgan fingerprint density at radius 3 is 1.25 bits per heavy atom. The number of phosphoric ester groups is 1. The summed E-state index contributed by atoms with van der Waals surface area (Å²) in [5.41, 5.74) is 0. The number of hydrogen-bond donors (Lipinski definition) is 1. The van der Waals surface area contributed by atoms with Crippen molar-refractivity contribution in [1.29, 1.82) is 0 Å². The Morgan fingerprint density at radius 1 is 0.471 bits per heavy atom. The van der Waals surface area contributed by atoms with E-state index in [1.54, 1.807) is 0 Å². The van der Waals surface area contributed by atoms with Gasteiger partial charge in [0.15, 0.2) is 6.10 Å². The van der Waals surface area contributed by atoms with Crippen LogP contribution in [0, 0.1) is 0 Å². The van der Waals surface area contributed by atoms with Gasteiger partial charge in [0.25, 0.3) is 0 Å². The van der Waals surface area contributed by atoms with Crippen molar-refractivity contribution < 1.29 is 42.1 Å². The third-order valence-corrected chi connectivity index (χ3v) is 13.0. The molecule has 0 rings (SSSR count). The number of ether oxygens (including phenoxy) is 2. The second-order valence-electron chi connectivity index (χ2n) is 19.9. The van der Waals surface area contributed by atoms with E-state index in [0.29, 0.717) is 17.4 Å². The highest BCUT2D eigenvalue weighted by molar-refractivity contribution is 7.47. The lowest BCUT2D eigenvalue weighted by atomic mass is 10.0. The molecular formula is C58H107NO8P+. The molecule has 0 heterocycles. The van der Waals surface area contributed by atoms with Gasteiger partial charge in [0.05, 0.1) is 27.7 Å². The van der Waals surface area contributed by atoms with E-state index >= 15 is 0 Å². The molecule has 2 atom stereocenters. The van der Waals surface area contributed by atoms with E-state index in [1.807, 2.05) is 21.1 Å². The van der Waals surface area contributed by atoms with E-state index < -0.39 is 26.5 Å². The fourth-order valence-electron chi connectivity index (χ4n) is 7.71. The van der Waals surface area contributed by atoms with Crippen LogP contribution < -0.4 is 0 Å². The summed E-state index contributed by atoms with van der Waals surface area (Å²) in [6.07, 6.45) is 63.0. The summed E-state index contributed by atoms with van der Waals surface area (Å²) in [5, 5.41) is 0. The molecular weight excluding hydrogens is 870 g/mol. The predicted molar refractivity (Wildman–Crippen MR) is 289 cm³/mol. The monoisotopic (exact) mass is 977 g/mol. The first-order valence-electron chi connectivity index (χ1n) is 28.0. The molecule has 0 fully saturated rings. The van der Waals surface area contributed by atoms with Crippen LogP contribution in [0.5, 0.6) is 0 Å². The zero-order valence-electron chi connectivity index (χ0n) is 44.8. The van der Waals surface area contributed by atoms with Crippen molar-refractivity contribution >= 4 is 19.8 Å². The van der Waals surface area contributed by atoms with Crippen LogP contribution in [-0.4, -0.2) is 74.9 Å². The van der Waals surface area contributed by atoms with E-state index in [0.717, 1.165) is 77.0 Å². The zero-order chi connectivity index (χ0) is 49.9. The van der Waals surface area contributed by atoms with Crippen LogP contribution >= 0.6 is 7.82 Å². The highest BCUT2D eigenvalue weighted by Crippen LogP contribution is 2.43. The normalized spacial score (nSPS) is 13.8. The summed E-state index contributed by atoms with van der Waals surface area (Å²) >= 11 is 0. The zero-order valence-corrected chi connectivity index (χ0v) is 45.7. The number of carbonyl (C=O) groups is 2. The fourth-order valence-corrected chi connectivity index (χ4v) is 8.45. The van der Waals surface area contributed by atoms with Crippen molar-refractivity contribution in [3.63, 3.8) is 0 Å². The Hall–Kier alpha value is -2.29. The molecule has 0 aromatic rings. The minimum atomic E-state index is -4.39. The van der Waals surface area contributed by atoms with E-state index in [2.05, 4.69) is 74.6 Å². The Bertz CT molecular complexity index is 1340. The average molecular weight is 977 g/mol. The van der Waals surface area contributed by atoms with Crippen LogP contribution in [0.2, 0.25) is 0 Å². The minimum Gasteiger partial charge on any atom is -0.462 e. The number of unbranched alkanes of at least 4 members (excludes halogenated alkanes) is 27. The maximum Gasteiger partial charge on any atom is 0.472 e. The highest BCUT2D eigenvalue weighted by atomic mass is 31.2. The van der Waals surface area contributed by atoms with Crippen molar-refractivity contribution in [2.75, 3.05) is 47.5 Å². The summed E-state index contributed by atoms with van der Waals surface area (Å²) in [6.45, 7) is 4.30. The van der Waals surface area contributed by atoms with Gasteiger partial charge in [0.2, 0.25) is 0 Å². The van der Waals surface area contributed by atoms with Crippen molar-refractivity contribution in [3.8, 4) is 0 Å². The van der Waals surface area contributed by atoms with E-state index in [1.165, 1.54) is 135 Å². The molecule has 0 saturated heterocycles. The molecule has 0 amide bonds. The average Bonchev–Trinajstić information content (AvgIpc) is 3.30. The van der Waals surface area contributed by atoms with Crippen molar-refractivity contribution in [2.45, 2.75) is 251 Å². The molecule has 0 bridgehead atoms. The van der Waals surface area contributed by atoms with Gasteiger partial charge in [0.1, 0.15) is 19.8 Å². The van der Waals surface area contributed by atoms with Gasteiger partial charge in [-0.2, -0.15) is 0 Å². The molecule has 0 spiro atoms. The second-order valence-corrected chi connectivity index (χ2v) is 21.4. The van der Waals surface area contributed by atoms with E-state index in [-0.39, 0.29) is 32.0 Å². The predicted octanol–water partition coefficient (Wildman–Crippen LogP) is 17.1. The quantitative estimate of drug-likeness (QED) is 0.0211. The van der Waals surface area contributed by atoms with Crippen molar-refractivity contribution in [2.24, 2.45) is 0 Å². The first kappa shape index (κ1) is 65.7. The summed E-state index contributed by atoms with van der Waals surface area (Å²) in [7, 11) is 1.46. The van der Waals surface area contributed by atoms with E-state index in [9.17, 15) is 19.0 Å². The molecule has 0 aliphatic rings. The van der Waals surface area contributed by atoms with Gasteiger partial charge in [-0.25, -0.2) is 4.57 Å². The van der Waals surface area contributed by atoms with Crippen LogP contribution in [-0.2, 0) is 32.7 Å². The number of allylic oxidation sites excluding steroid dienone is 10. The number of carbonyl (C=O) groups excluding carboxylic acids is 2. The molecule has 9 nitrogen and oxygen atoms in total. The van der Waals surface area contributed by atoms with Crippen molar-refractivity contribution in [1.82, 2.24) is 0 Å². The maximum atomic E-state index is 12.7. The smallest absolute Gasteiger partial charge is 0.462 e. The molecule has 0 aliphatic heterocycles. The number of phosphoric acid groups is 1. The number of rotatable bonds is 51. The summed E-state index contributed by atoms with van der Waals surface area (Å²) in [5.74, 6) is -0.813. The molecule has 68 heavy (non-hydrogen) atoms. The largest absolute Gasteiger partial charge is 0.472 e. The van der Waals surface area contributed by atoms with Crippen LogP contribution in [0.25, 0.3) is 0 Å². The molecule has 2 unspecified atom stereocenters. The van der Waals surface area contributed by atoms with Crippen LogP contribution in [0.4, 0.5) is 0 Å². The van der Waals surface area contributed by atoms with Gasteiger partial charge in [-0.05, 0) is 77.0 Å². The molecule has 0 aromatic carbocycles. The number of hydrogen-bond acceptors (Lipinski definition) is 7. The number of nitrogens with zero attached hydrogens (tertiary/aromatic N) is 1. The highest BCUT2D eigenvalue weighted by Gasteiger charge is 2.27. The second kappa shape index (κ2) is 49.7. The van der Waals surface area contributed by atoms with E-state index in [4.69, 9.17) is 18.5 Å². The lowest BCUT2D eigenvalue weighted by Crippen LogP contribution is -2.37. The maximum absolute atomic E-state index is 12.7. The van der Waals surface area contributed by atoms with Gasteiger partial charge >= 0.3 is 19.8 Å². The number of quaternary nitrogens is 1. The Morgan fingerprint density at radius 2 is 0.838 bits per heavy atom. The molecule has 0 aliphatic carbocycles. The van der Waals surface area contributed by atoms with Gasteiger partial charge in [-0.1, -0.05) is 216 Å². The first-order valence-corrected chi connectivity index (χ1v) is 29.5. The molecule has 396 valence electrons. The Kier molecular flexibility index (Phi) is 48.0. The fraction of sp³-hybridized carbons (Fsp3) is 0.793. The molecule has 10 heteroatoms. The van der Waals surface area contributed by atoms with Gasteiger partial charge in [0, 0.05) is 12.8 Å². The number of likely N-dealkylation sites (N-methyl/N-ethyl adjacent to an activating group) is 1. The standard InChI is InChI=1S/C58H106NO8P/c1-6-8-10-12-14-16-18-20-22-23-24-25-26-27-28-29-30-31-32-33-34-35-37-38-40-42-44-46-48-50-57(60)64-54-56(55-66-68(62,63)65-53-52-59(3,4)5)67-58(61)51-49-47-45-43-41-39-36-21-19-17-15-13-11-9-7-2/h9,11,15,17-18,20-21,23-24,36,56H,6-8,10,12-14,16,19,22,25-35,37-55H2,1-5H3/p+1/b11-9-,17-15-,20-18-,24-23-,36-21-. The lowest BCUT2D eigenvalue weighted by molar-refractivity contribution is -0.870. The first-order chi connectivity index (χ1) is 33.0. The number of esters is 2. The Balaban J connectivity index is 4.09. The summed E-state index contributed by atoms with van der Waals surface area (Å²) in [4.78, 5) is 35.6. The lowest BCUT2D eigenvalue weighted by Gasteiger charge is -2.24. The van der Waals surface area contributed by atoms with Crippen LogP contribution in [0.1, 0.15) is 245 Å². The van der Waals surface area contributed by atoms with Crippen molar-refractivity contribution in [3.05, 3.63) is 60.8 Å². The van der Waals surface area contributed by atoms with Gasteiger partial charge in [-0.15, -0.1) is 0 Å². The third kappa shape index (κ3) is 53.1. The molecule has 0 saturated carbocycles.